The highest BCUT2D eigenvalue weighted by Crippen LogP contribution is 2.33. The molecule has 0 bridgehead atoms. The van der Waals surface area contributed by atoms with E-state index < -0.39 is 6.04 Å². The zero-order valence-electron chi connectivity index (χ0n) is 16.7. The zero-order valence-corrected chi connectivity index (χ0v) is 16.7. The maximum Gasteiger partial charge on any atom is 0.249 e. The fourth-order valence-electron chi connectivity index (χ4n) is 3.93. The summed E-state index contributed by atoms with van der Waals surface area (Å²) in [6.45, 7) is 4.50. The quantitative estimate of drug-likeness (QED) is 0.684. The second kappa shape index (κ2) is 9.53. The molecule has 1 fully saturated rings. The lowest BCUT2D eigenvalue weighted by atomic mass is 9.76. The van der Waals surface area contributed by atoms with Gasteiger partial charge >= 0.3 is 0 Å². The lowest BCUT2D eigenvalue weighted by Crippen LogP contribution is -2.48. The standard InChI is InChI=1S/C22H30N4O2/c1-15(2)17-8-10-18(11-9-17)20(27)25-19(14-16-6-4-3-5-7-16)21(28)26-22-23-12-13-24-22/h3-7,12-13,15,17-19H,8-11,14H2,1-2H3,(H,25,27)(H2,23,24,26,28)/t17?,18?,19-/m0/s1. The van der Waals surface area contributed by atoms with Crippen molar-refractivity contribution in [2.75, 3.05) is 5.32 Å². The highest BCUT2D eigenvalue weighted by molar-refractivity contribution is 5.96. The largest absolute Gasteiger partial charge is 0.344 e. The third-order valence-corrected chi connectivity index (χ3v) is 5.74. The van der Waals surface area contributed by atoms with Crippen molar-refractivity contribution < 1.29 is 9.59 Å². The molecule has 6 nitrogen and oxygen atoms in total. The third-order valence-electron chi connectivity index (χ3n) is 5.74. The fraction of sp³-hybridized carbons (Fsp3) is 0.500. The number of carbonyl (C=O) groups is 2. The minimum absolute atomic E-state index is 0.00955. The van der Waals surface area contributed by atoms with Crippen molar-refractivity contribution >= 4 is 17.8 Å². The number of H-pyrrole nitrogens is 1. The van der Waals surface area contributed by atoms with Crippen molar-refractivity contribution in [3.8, 4) is 0 Å². The van der Waals surface area contributed by atoms with Gasteiger partial charge in [-0.05, 0) is 43.1 Å². The van der Waals surface area contributed by atoms with Gasteiger partial charge in [0.25, 0.3) is 0 Å². The Bertz CT molecular complexity index is 750. The van der Waals surface area contributed by atoms with Gasteiger partial charge < -0.3 is 10.3 Å². The van der Waals surface area contributed by atoms with E-state index in [-0.39, 0.29) is 17.7 Å². The van der Waals surface area contributed by atoms with Crippen molar-refractivity contribution in [1.82, 2.24) is 15.3 Å². The van der Waals surface area contributed by atoms with Gasteiger partial charge in [0.1, 0.15) is 6.04 Å². The predicted octanol–water partition coefficient (Wildman–Crippen LogP) is 3.54. The number of carbonyl (C=O) groups excluding carboxylic acids is 2. The maximum absolute atomic E-state index is 12.9. The normalized spacial score (nSPS) is 20.5. The minimum atomic E-state index is -0.636. The van der Waals surface area contributed by atoms with Gasteiger partial charge in [0, 0.05) is 24.7 Å². The highest BCUT2D eigenvalue weighted by Gasteiger charge is 2.30. The number of rotatable bonds is 7. The van der Waals surface area contributed by atoms with E-state index in [4.69, 9.17) is 0 Å². The average Bonchev–Trinajstić information content (AvgIpc) is 3.21. The number of anilines is 1. The molecule has 0 spiro atoms. The van der Waals surface area contributed by atoms with E-state index in [1.54, 1.807) is 12.4 Å². The summed E-state index contributed by atoms with van der Waals surface area (Å²) in [5, 5.41) is 5.75. The molecule has 1 saturated carbocycles. The van der Waals surface area contributed by atoms with E-state index in [0.29, 0.717) is 24.2 Å². The van der Waals surface area contributed by atoms with E-state index in [9.17, 15) is 9.59 Å². The molecule has 1 aliphatic carbocycles. The SMILES string of the molecule is CC(C)C1CCC(C(=O)N[C@@H](Cc2ccccc2)C(=O)Nc2ncc[nH]2)CC1. The molecule has 2 amide bonds. The van der Waals surface area contributed by atoms with Gasteiger partial charge in [0.15, 0.2) is 0 Å². The summed E-state index contributed by atoms with van der Waals surface area (Å²) in [6, 6.07) is 9.10. The van der Waals surface area contributed by atoms with Crippen LogP contribution < -0.4 is 10.6 Å². The van der Waals surface area contributed by atoms with E-state index in [0.717, 1.165) is 31.2 Å². The molecule has 1 atom stereocenters. The highest BCUT2D eigenvalue weighted by atomic mass is 16.2. The molecule has 0 radical (unpaired) electrons. The molecule has 1 aromatic carbocycles. The Morgan fingerprint density at radius 2 is 1.86 bits per heavy atom. The van der Waals surface area contributed by atoms with E-state index in [2.05, 4.69) is 34.4 Å². The Morgan fingerprint density at radius 3 is 2.46 bits per heavy atom. The number of aromatic amines is 1. The number of benzene rings is 1. The van der Waals surface area contributed by atoms with Crippen LogP contribution in [-0.4, -0.2) is 27.8 Å². The summed E-state index contributed by atoms with van der Waals surface area (Å²) in [6.07, 6.45) is 7.62. The van der Waals surface area contributed by atoms with Crippen LogP contribution in [0.4, 0.5) is 5.95 Å². The van der Waals surface area contributed by atoms with Gasteiger partial charge in [-0.2, -0.15) is 0 Å². The monoisotopic (exact) mass is 382 g/mol. The van der Waals surface area contributed by atoms with Crippen LogP contribution in [0.3, 0.4) is 0 Å². The third kappa shape index (κ3) is 5.44. The molecular formula is C22H30N4O2. The molecule has 150 valence electrons. The first-order valence-corrected chi connectivity index (χ1v) is 10.2. The Hall–Kier alpha value is -2.63. The molecule has 3 N–H and O–H groups in total. The first kappa shape index (κ1) is 20.1. The summed E-state index contributed by atoms with van der Waals surface area (Å²) in [5.74, 6) is 1.46. The summed E-state index contributed by atoms with van der Waals surface area (Å²) in [4.78, 5) is 32.6. The van der Waals surface area contributed by atoms with Crippen LogP contribution in [-0.2, 0) is 16.0 Å². The molecule has 0 unspecified atom stereocenters. The van der Waals surface area contributed by atoms with Gasteiger partial charge in [-0.25, -0.2) is 4.98 Å². The number of amides is 2. The summed E-state index contributed by atoms with van der Waals surface area (Å²) < 4.78 is 0. The first-order chi connectivity index (χ1) is 13.5. The molecule has 1 heterocycles. The number of nitrogens with one attached hydrogen (secondary N) is 3. The Morgan fingerprint density at radius 1 is 1.14 bits per heavy atom. The number of nitrogens with zero attached hydrogens (tertiary/aromatic N) is 1. The van der Waals surface area contributed by atoms with Crippen LogP contribution in [0.1, 0.15) is 45.1 Å². The predicted molar refractivity (Wildman–Crippen MR) is 110 cm³/mol. The Kier molecular flexibility index (Phi) is 6.85. The van der Waals surface area contributed by atoms with Crippen molar-refractivity contribution in [3.05, 3.63) is 48.3 Å². The number of aromatic nitrogens is 2. The zero-order chi connectivity index (χ0) is 19.9. The smallest absolute Gasteiger partial charge is 0.249 e. The fourth-order valence-corrected chi connectivity index (χ4v) is 3.93. The van der Waals surface area contributed by atoms with E-state index in [1.807, 2.05) is 30.3 Å². The van der Waals surface area contributed by atoms with Gasteiger partial charge in [-0.1, -0.05) is 44.2 Å². The minimum Gasteiger partial charge on any atom is -0.344 e. The molecule has 2 aromatic rings. The molecule has 0 aliphatic heterocycles. The van der Waals surface area contributed by atoms with Crippen LogP contribution in [0.2, 0.25) is 0 Å². The number of hydrogen-bond acceptors (Lipinski definition) is 3. The van der Waals surface area contributed by atoms with E-state index >= 15 is 0 Å². The van der Waals surface area contributed by atoms with Crippen molar-refractivity contribution in [2.24, 2.45) is 17.8 Å². The first-order valence-electron chi connectivity index (χ1n) is 10.2. The lowest BCUT2D eigenvalue weighted by Gasteiger charge is -2.31. The van der Waals surface area contributed by atoms with Crippen LogP contribution in [0.15, 0.2) is 42.7 Å². The van der Waals surface area contributed by atoms with Gasteiger partial charge in [-0.15, -0.1) is 0 Å². The van der Waals surface area contributed by atoms with Crippen LogP contribution >= 0.6 is 0 Å². The Balaban J connectivity index is 1.64. The summed E-state index contributed by atoms with van der Waals surface area (Å²) in [7, 11) is 0. The van der Waals surface area contributed by atoms with Crippen molar-refractivity contribution in [2.45, 2.75) is 52.0 Å². The molecule has 28 heavy (non-hydrogen) atoms. The average molecular weight is 383 g/mol. The van der Waals surface area contributed by atoms with Crippen LogP contribution in [0, 0.1) is 17.8 Å². The van der Waals surface area contributed by atoms with Gasteiger partial charge in [0.05, 0.1) is 0 Å². The molecule has 6 heteroatoms. The lowest BCUT2D eigenvalue weighted by molar-refractivity contribution is -0.130. The van der Waals surface area contributed by atoms with Crippen molar-refractivity contribution in [1.29, 1.82) is 0 Å². The second-order valence-corrected chi connectivity index (χ2v) is 8.03. The topological polar surface area (TPSA) is 86.9 Å². The summed E-state index contributed by atoms with van der Waals surface area (Å²) >= 11 is 0. The maximum atomic E-state index is 12.9. The molecular weight excluding hydrogens is 352 g/mol. The van der Waals surface area contributed by atoms with Crippen LogP contribution in [0.5, 0.6) is 0 Å². The van der Waals surface area contributed by atoms with Gasteiger partial charge in [0.2, 0.25) is 17.8 Å². The summed E-state index contributed by atoms with van der Waals surface area (Å²) in [5.41, 5.74) is 1.01. The molecule has 1 aliphatic rings. The Labute approximate surface area is 166 Å². The van der Waals surface area contributed by atoms with E-state index in [1.165, 1.54) is 0 Å². The molecule has 3 rings (SSSR count). The molecule has 0 saturated heterocycles. The van der Waals surface area contributed by atoms with Crippen molar-refractivity contribution in [3.63, 3.8) is 0 Å². The number of hydrogen-bond donors (Lipinski definition) is 3. The number of imidazole rings is 1. The van der Waals surface area contributed by atoms with Gasteiger partial charge in [-0.3, -0.25) is 14.9 Å². The molecule has 1 aromatic heterocycles. The second-order valence-electron chi connectivity index (χ2n) is 8.03. The van der Waals surface area contributed by atoms with Crippen LogP contribution in [0.25, 0.3) is 0 Å².